The fourth-order valence-corrected chi connectivity index (χ4v) is 1.95. The maximum absolute atomic E-state index is 11.6. The van der Waals surface area contributed by atoms with Crippen LogP contribution < -0.4 is 5.48 Å². The molecule has 2 heterocycles. The molecule has 1 N–H and O–H groups in total. The van der Waals surface area contributed by atoms with Gasteiger partial charge in [-0.25, -0.2) is 5.48 Å². The summed E-state index contributed by atoms with van der Waals surface area (Å²) in [7, 11) is 0. The standard InChI is InChI=1S/C8H11N5O3/c9-12-10-2-5-1-7(14)13(3-5)6-4-16-11-8(6)15/h5-6H,1-4H2,(H,11,15)/t5?,6-/m0/s1. The van der Waals surface area contributed by atoms with Crippen molar-refractivity contribution in [2.24, 2.45) is 11.0 Å². The van der Waals surface area contributed by atoms with Crippen molar-refractivity contribution in [3.05, 3.63) is 10.4 Å². The van der Waals surface area contributed by atoms with Crippen molar-refractivity contribution in [2.75, 3.05) is 19.7 Å². The SMILES string of the molecule is [N-]=[N+]=NCC1CC(=O)N([C@H]2CONC2=O)C1. The first kappa shape index (κ1) is 10.7. The van der Waals surface area contributed by atoms with Gasteiger partial charge >= 0.3 is 0 Å². The van der Waals surface area contributed by atoms with E-state index in [-0.39, 0.29) is 30.9 Å². The molecule has 86 valence electrons. The van der Waals surface area contributed by atoms with Crippen LogP contribution in [0.3, 0.4) is 0 Å². The molecule has 8 heteroatoms. The summed E-state index contributed by atoms with van der Waals surface area (Å²) >= 11 is 0. The number of nitrogens with one attached hydrogen (secondary N) is 1. The molecule has 2 amide bonds. The molecule has 0 aliphatic carbocycles. The molecule has 16 heavy (non-hydrogen) atoms. The molecule has 0 aromatic heterocycles. The molecule has 2 fully saturated rings. The molecule has 0 radical (unpaired) electrons. The maximum Gasteiger partial charge on any atom is 0.268 e. The summed E-state index contributed by atoms with van der Waals surface area (Å²) in [5.74, 6) is -0.390. The van der Waals surface area contributed by atoms with Crippen LogP contribution in [0.4, 0.5) is 0 Å². The van der Waals surface area contributed by atoms with E-state index in [1.807, 2.05) is 0 Å². The van der Waals surface area contributed by atoms with E-state index in [0.29, 0.717) is 13.0 Å². The second kappa shape index (κ2) is 4.38. The van der Waals surface area contributed by atoms with E-state index in [1.165, 1.54) is 4.90 Å². The lowest BCUT2D eigenvalue weighted by Gasteiger charge is -2.20. The fourth-order valence-electron chi connectivity index (χ4n) is 1.95. The lowest BCUT2D eigenvalue weighted by Crippen LogP contribution is -2.43. The summed E-state index contributed by atoms with van der Waals surface area (Å²) < 4.78 is 0. The van der Waals surface area contributed by atoms with Gasteiger partial charge in [0.2, 0.25) is 5.91 Å². The van der Waals surface area contributed by atoms with Gasteiger partial charge < -0.3 is 4.90 Å². The number of hydroxylamine groups is 1. The van der Waals surface area contributed by atoms with Gasteiger partial charge in [0.05, 0.1) is 0 Å². The van der Waals surface area contributed by atoms with Gasteiger partial charge in [-0.15, -0.1) is 0 Å². The molecule has 2 aliphatic heterocycles. The smallest absolute Gasteiger partial charge is 0.268 e. The minimum absolute atomic E-state index is 0.00296. The van der Waals surface area contributed by atoms with Crippen LogP contribution in [0.25, 0.3) is 10.4 Å². The van der Waals surface area contributed by atoms with Gasteiger partial charge in [-0.05, 0) is 11.4 Å². The molecule has 2 rings (SSSR count). The Bertz CT molecular complexity index is 365. The quantitative estimate of drug-likeness (QED) is 0.400. The van der Waals surface area contributed by atoms with Gasteiger partial charge in [0, 0.05) is 24.4 Å². The molecule has 0 saturated carbocycles. The first-order valence-corrected chi connectivity index (χ1v) is 4.94. The van der Waals surface area contributed by atoms with E-state index in [4.69, 9.17) is 10.4 Å². The zero-order chi connectivity index (χ0) is 11.5. The highest BCUT2D eigenvalue weighted by atomic mass is 16.7. The van der Waals surface area contributed by atoms with Gasteiger partial charge in [-0.1, -0.05) is 5.11 Å². The van der Waals surface area contributed by atoms with Gasteiger partial charge in [-0.3, -0.25) is 14.4 Å². The molecule has 0 bridgehead atoms. The number of hydrogen-bond acceptors (Lipinski definition) is 4. The highest BCUT2D eigenvalue weighted by Gasteiger charge is 2.40. The topological polar surface area (TPSA) is 107 Å². The van der Waals surface area contributed by atoms with Crippen molar-refractivity contribution in [3.8, 4) is 0 Å². The van der Waals surface area contributed by atoms with E-state index in [2.05, 4.69) is 15.5 Å². The van der Waals surface area contributed by atoms with Gasteiger partial charge in [0.1, 0.15) is 12.6 Å². The van der Waals surface area contributed by atoms with Gasteiger partial charge in [-0.2, -0.15) is 0 Å². The van der Waals surface area contributed by atoms with Crippen LogP contribution in [0.15, 0.2) is 5.11 Å². The van der Waals surface area contributed by atoms with Crippen LogP contribution in [0.2, 0.25) is 0 Å². The molecule has 0 spiro atoms. The third-order valence-electron chi connectivity index (χ3n) is 2.73. The van der Waals surface area contributed by atoms with Crippen molar-refractivity contribution < 1.29 is 14.4 Å². The minimum atomic E-state index is -0.538. The summed E-state index contributed by atoms with van der Waals surface area (Å²) in [6, 6.07) is -0.538. The van der Waals surface area contributed by atoms with Crippen molar-refractivity contribution in [2.45, 2.75) is 12.5 Å². The number of carbonyl (C=O) groups is 2. The number of likely N-dealkylation sites (tertiary alicyclic amines) is 1. The average Bonchev–Trinajstić information content (AvgIpc) is 2.82. The molecule has 8 nitrogen and oxygen atoms in total. The predicted molar refractivity (Wildman–Crippen MR) is 51.7 cm³/mol. The third kappa shape index (κ3) is 1.93. The number of hydrogen-bond donors (Lipinski definition) is 1. The van der Waals surface area contributed by atoms with Gasteiger partial charge in [0.25, 0.3) is 5.91 Å². The highest BCUT2D eigenvalue weighted by Crippen LogP contribution is 2.22. The minimum Gasteiger partial charge on any atom is -0.328 e. The number of nitrogens with zero attached hydrogens (tertiary/aromatic N) is 4. The number of azide groups is 1. The zero-order valence-corrected chi connectivity index (χ0v) is 8.50. The summed E-state index contributed by atoms with van der Waals surface area (Å²) in [4.78, 5) is 31.9. The second-order valence-corrected chi connectivity index (χ2v) is 3.82. The first-order chi connectivity index (χ1) is 7.72. The average molecular weight is 225 g/mol. The number of carbonyl (C=O) groups excluding carboxylic acids is 2. The zero-order valence-electron chi connectivity index (χ0n) is 8.50. The van der Waals surface area contributed by atoms with Crippen LogP contribution in [-0.2, 0) is 14.4 Å². The van der Waals surface area contributed by atoms with E-state index < -0.39 is 6.04 Å². The molecule has 1 unspecified atom stereocenters. The van der Waals surface area contributed by atoms with E-state index in [1.54, 1.807) is 0 Å². The molecule has 2 atom stereocenters. The summed E-state index contributed by atoms with van der Waals surface area (Å²) in [6.07, 6.45) is 0.322. The Labute approximate surface area is 91.1 Å². The Morgan fingerprint density at radius 3 is 3.06 bits per heavy atom. The first-order valence-electron chi connectivity index (χ1n) is 4.94. The second-order valence-electron chi connectivity index (χ2n) is 3.82. The van der Waals surface area contributed by atoms with E-state index >= 15 is 0 Å². The molecule has 2 saturated heterocycles. The van der Waals surface area contributed by atoms with Crippen molar-refractivity contribution in [1.29, 1.82) is 0 Å². The summed E-state index contributed by atoms with van der Waals surface area (Å²) in [6.45, 7) is 0.909. The molecular formula is C8H11N5O3. The third-order valence-corrected chi connectivity index (χ3v) is 2.73. The van der Waals surface area contributed by atoms with Crippen LogP contribution in [0.5, 0.6) is 0 Å². The lowest BCUT2D eigenvalue weighted by atomic mass is 10.1. The van der Waals surface area contributed by atoms with Crippen LogP contribution in [0, 0.1) is 5.92 Å². The normalized spacial score (nSPS) is 29.1. The lowest BCUT2D eigenvalue weighted by molar-refractivity contribution is -0.135. The van der Waals surface area contributed by atoms with Crippen molar-refractivity contribution in [1.82, 2.24) is 10.4 Å². The predicted octanol–water partition coefficient (Wildman–Crippen LogP) is -0.425. The fraction of sp³-hybridized carbons (Fsp3) is 0.750. The Kier molecular flexibility index (Phi) is 2.93. The number of amides is 2. The largest absolute Gasteiger partial charge is 0.328 e. The van der Waals surface area contributed by atoms with E-state index in [0.717, 1.165) is 0 Å². The Morgan fingerprint density at radius 2 is 2.44 bits per heavy atom. The van der Waals surface area contributed by atoms with E-state index in [9.17, 15) is 9.59 Å². The maximum atomic E-state index is 11.6. The van der Waals surface area contributed by atoms with Crippen LogP contribution in [-0.4, -0.2) is 42.5 Å². The van der Waals surface area contributed by atoms with Crippen molar-refractivity contribution in [3.63, 3.8) is 0 Å². The van der Waals surface area contributed by atoms with Crippen LogP contribution in [0.1, 0.15) is 6.42 Å². The Morgan fingerprint density at radius 1 is 1.62 bits per heavy atom. The Balaban J connectivity index is 1.99. The monoisotopic (exact) mass is 225 g/mol. The van der Waals surface area contributed by atoms with Crippen molar-refractivity contribution >= 4 is 11.8 Å². The molecule has 2 aliphatic rings. The van der Waals surface area contributed by atoms with Crippen LogP contribution >= 0.6 is 0 Å². The Hall–Kier alpha value is -1.79. The number of rotatable bonds is 3. The summed E-state index contributed by atoms with van der Waals surface area (Å²) in [5, 5.41) is 3.44. The van der Waals surface area contributed by atoms with Gasteiger partial charge in [0.15, 0.2) is 0 Å². The molecule has 0 aromatic rings. The highest BCUT2D eigenvalue weighted by molar-refractivity contribution is 5.89. The molecule has 0 aromatic carbocycles. The molecular weight excluding hydrogens is 214 g/mol. The summed E-state index contributed by atoms with van der Waals surface area (Å²) in [5.41, 5.74) is 10.4.